The van der Waals surface area contributed by atoms with Gasteiger partial charge in [0, 0.05) is 15.8 Å². The highest BCUT2D eigenvalue weighted by Crippen LogP contribution is 2.12. The Hall–Kier alpha value is -0.720. The van der Waals surface area contributed by atoms with Crippen molar-refractivity contribution < 1.29 is 14.3 Å². The lowest BCUT2D eigenvalue weighted by molar-refractivity contribution is -0.136. The molecular formula is C7H5FINO2. The van der Waals surface area contributed by atoms with Crippen LogP contribution in [0.4, 0.5) is 4.39 Å². The van der Waals surface area contributed by atoms with Crippen molar-refractivity contribution in [1.82, 2.24) is 4.98 Å². The van der Waals surface area contributed by atoms with Crippen molar-refractivity contribution >= 4 is 28.6 Å². The monoisotopic (exact) mass is 281 g/mol. The quantitative estimate of drug-likeness (QED) is 0.659. The van der Waals surface area contributed by atoms with Gasteiger partial charge in [-0.3, -0.25) is 4.79 Å². The maximum atomic E-state index is 12.4. The summed E-state index contributed by atoms with van der Waals surface area (Å²) in [5.41, 5.74) is 0.532. The molecular weight excluding hydrogens is 276 g/mol. The minimum absolute atomic E-state index is 0.119. The van der Waals surface area contributed by atoms with Crippen LogP contribution in [0.1, 0.15) is 5.56 Å². The van der Waals surface area contributed by atoms with Gasteiger partial charge in [0.2, 0.25) is 5.95 Å². The standard InChI is InChI=1S/C7H5FINO2/c8-6-2-5(9)4(3-10-6)1-7(11)12/h2-3H,1H2,(H,11,12). The van der Waals surface area contributed by atoms with E-state index in [4.69, 9.17) is 5.11 Å². The molecule has 5 heteroatoms. The van der Waals surface area contributed by atoms with Crippen LogP contribution in [0.2, 0.25) is 0 Å². The summed E-state index contributed by atoms with van der Waals surface area (Å²) in [6, 6.07) is 1.21. The van der Waals surface area contributed by atoms with Crippen molar-refractivity contribution in [3.63, 3.8) is 0 Å². The lowest BCUT2D eigenvalue weighted by atomic mass is 10.2. The number of hydrogen-bond donors (Lipinski definition) is 1. The molecule has 0 aromatic carbocycles. The van der Waals surface area contributed by atoms with Gasteiger partial charge in [0.25, 0.3) is 0 Å². The van der Waals surface area contributed by atoms with E-state index in [9.17, 15) is 9.18 Å². The van der Waals surface area contributed by atoms with E-state index in [0.717, 1.165) is 0 Å². The summed E-state index contributed by atoms with van der Waals surface area (Å²) in [4.78, 5) is 13.6. The Labute approximate surface area is 81.8 Å². The maximum Gasteiger partial charge on any atom is 0.307 e. The van der Waals surface area contributed by atoms with Crippen LogP contribution in [-0.4, -0.2) is 16.1 Å². The Bertz CT molecular complexity index is 316. The Morgan fingerprint density at radius 3 is 2.92 bits per heavy atom. The van der Waals surface area contributed by atoms with Gasteiger partial charge in [-0.15, -0.1) is 0 Å². The van der Waals surface area contributed by atoms with E-state index in [2.05, 4.69) is 4.98 Å². The third kappa shape index (κ3) is 2.40. The van der Waals surface area contributed by atoms with Crippen LogP contribution in [0.25, 0.3) is 0 Å². The SMILES string of the molecule is O=C(O)Cc1cnc(F)cc1I. The number of nitrogens with zero attached hydrogens (tertiary/aromatic N) is 1. The molecule has 0 aliphatic rings. The number of rotatable bonds is 2. The van der Waals surface area contributed by atoms with E-state index >= 15 is 0 Å². The summed E-state index contributed by atoms with van der Waals surface area (Å²) in [5.74, 6) is -1.53. The molecule has 0 amide bonds. The number of pyridine rings is 1. The first kappa shape index (κ1) is 9.37. The van der Waals surface area contributed by atoms with Crippen molar-refractivity contribution in [3.8, 4) is 0 Å². The second-order valence-corrected chi connectivity index (χ2v) is 3.33. The van der Waals surface area contributed by atoms with Gasteiger partial charge in [-0.1, -0.05) is 0 Å². The second kappa shape index (κ2) is 3.79. The molecule has 12 heavy (non-hydrogen) atoms. The summed E-state index contributed by atoms with van der Waals surface area (Å²) in [6.07, 6.45) is 1.12. The molecule has 0 radical (unpaired) electrons. The van der Waals surface area contributed by atoms with Gasteiger partial charge in [0.15, 0.2) is 0 Å². The third-order valence-corrected chi connectivity index (χ3v) is 2.24. The van der Waals surface area contributed by atoms with Crippen LogP contribution >= 0.6 is 22.6 Å². The van der Waals surface area contributed by atoms with Crippen LogP contribution < -0.4 is 0 Å². The van der Waals surface area contributed by atoms with Crippen molar-refractivity contribution in [3.05, 3.63) is 27.3 Å². The fraction of sp³-hybridized carbons (Fsp3) is 0.143. The van der Waals surface area contributed by atoms with Crippen LogP contribution in [-0.2, 0) is 11.2 Å². The zero-order chi connectivity index (χ0) is 9.14. The van der Waals surface area contributed by atoms with E-state index < -0.39 is 11.9 Å². The second-order valence-electron chi connectivity index (χ2n) is 2.17. The molecule has 0 aliphatic heterocycles. The van der Waals surface area contributed by atoms with Crippen LogP contribution in [0.5, 0.6) is 0 Å². The number of hydrogen-bond acceptors (Lipinski definition) is 2. The molecule has 1 rings (SSSR count). The molecule has 64 valence electrons. The highest BCUT2D eigenvalue weighted by Gasteiger charge is 2.06. The van der Waals surface area contributed by atoms with Gasteiger partial charge in [-0.05, 0) is 28.2 Å². The summed E-state index contributed by atoms with van der Waals surface area (Å²) in [6.45, 7) is 0. The summed E-state index contributed by atoms with van der Waals surface area (Å²) >= 11 is 1.88. The largest absolute Gasteiger partial charge is 0.481 e. The van der Waals surface area contributed by atoms with Crippen LogP contribution in [0, 0.1) is 9.52 Å². The topological polar surface area (TPSA) is 50.2 Å². The zero-order valence-corrected chi connectivity index (χ0v) is 8.08. The molecule has 0 saturated heterocycles. The minimum Gasteiger partial charge on any atom is -0.481 e. The third-order valence-electron chi connectivity index (χ3n) is 1.24. The van der Waals surface area contributed by atoms with Crippen molar-refractivity contribution in [2.45, 2.75) is 6.42 Å². The molecule has 3 nitrogen and oxygen atoms in total. The first-order chi connectivity index (χ1) is 5.59. The number of carboxylic acids is 1. The Morgan fingerprint density at radius 2 is 2.42 bits per heavy atom. The fourth-order valence-corrected chi connectivity index (χ4v) is 1.32. The van der Waals surface area contributed by atoms with Crippen molar-refractivity contribution in [1.29, 1.82) is 0 Å². The molecule has 0 aliphatic carbocycles. The van der Waals surface area contributed by atoms with E-state index in [1.165, 1.54) is 12.3 Å². The molecule has 1 aromatic rings. The van der Waals surface area contributed by atoms with Gasteiger partial charge in [0.1, 0.15) is 0 Å². The molecule has 0 saturated carbocycles. The molecule has 1 N–H and O–H groups in total. The van der Waals surface area contributed by atoms with E-state index in [1.54, 1.807) is 0 Å². The lowest BCUT2D eigenvalue weighted by Gasteiger charge is -1.99. The fourth-order valence-electron chi connectivity index (χ4n) is 0.729. The minimum atomic E-state index is -0.943. The van der Waals surface area contributed by atoms with Crippen molar-refractivity contribution in [2.24, 2.45) is 0 Å². The molecule has 1 heterocycles. The number of carbonyl (C=O) groups is 1. The Kier molecular flexibility index (Phi) is 2.96. The molecule has 0 atom stereocenters. The molecule has 0 spiro atoms. The van der Waals surface area contributed by atoms with E-state index in [1.807, 2.05) is 22.6 Å². The summed E-state index contributed by atoms with van der Waals surface area (Å²) in [7, 11) is 0. The molecule has 0 fully saturated rings. The van der Waals surface area contributed by atoms with Gasteiger partial charge >= 0.3 is 5.97 Å². The highest BCUT2D eigenvalue weighted by atomic mass is 127. The molecule has 1 aromatic heterocycles. The molecule has 0 bridgehead atoms. The first-order valence-electron chi connectivity index (χ1n) is 3.11. The summed E-state index contributed by atoms with van der Waals surface area (Å²) in [5, 5.41) is 8.44. The maximum absolute atomic E-state index is 12.4. The predicted molar refractivity (Wildman–Crippen MR) is 48.3 cm³/mol. The number of halogens is 2. The first-order valence-corrected chi connectivity index (χ1v) is 4.19. The van der Waals surface area contributed by atoms with Crippen LogP contribution in [0.15, 0.2) is 12.3 Å². The number of aliphatic carboxylic acids is 1. The zero-order valence-electron chi connectivity index (χ0n) is 5.92. The Morgan fingerprint density at radius 1 is 1.75 bits per heavy atom. The highest BCUT2D eigenvalue weighted by molar-refractivity contribution is 14.1. The van der Waals surface area contributed by atoms with Gasteiger partial charge in [-0.2, -0.15) is 4.39 Å². The smallest absolute Gasteiger partial charge is 0.307 e. The van der Waals surface area contributed by atoms with Crippen LogP contribution in [0.3, 0.4) is 0 Å². The number of aromatic nitrogens is 1. The predicted octanol–water partition coefficient (Wildman–Crippen LogP) is 1.45. The van der Waals surface area contributed by atoms with Crippen molar-refractivity contribution in [2.75, 3.05) is 0 Å². The Balaban J connectivity index is 2.93. The van der Waals surface area contributed by atoms with Gasteiger partial charge in [-0.25, -0.2) is 4.98 Å². The lowest BCUT2D eigenvalue weighted by Crippen LogP contribution is -2.03. The van der Waals surface area contributed by atoms with E-state index in [-0.39, 0.29) is 6.42 Å². The molecule has 0 unspecified atom stereocenters. The average molecular weight is 281 g/mol. The summed E-state index contributed by atoms with van der Waals surface area (Å²) < 4.78 is 13.0. The van der Waals surface area contributed by atoms with Gasteiger partial charge in [0.05, 0.1) is 6.42 Å². The average Bonchev–Trinajstić information content (AvgIpc) is 1.94. The normalized spacial score (nSPS) is 9.83. The van der Waals surface area contributed by atoms with E-state index in [0.29, 0.717) is 9.13 Å². The number of carboxylic acid groups (broad SMARTS) is 1. The van der Waals surface area contributed by atoms with Gasteiger partial charge < -0.3 is 5.11 Å².